The molecule has 1 aliphatic rings. The molecule has 1 amide bonds. The number of hydrazine groups is 1. The molecule has 0 saturated carbocycles. The summed E-state index contributed by atoms with van der Waals surface area (Å²) in [5.41, 5.74) is 6.46. The number of para-hydroxylation sites is 1. The van der Waals surface area contributed by atoms with Gasteiger partial charge in [-0.25, -0.2) is 0 Å². The molecule has 104 valence electrons. The van der Waals surface area contributed by atoms with Crippen molar-refractivity contribution in [3.63, 3.8) is 0 Å². The summed E-state index contributed by atoms with van der Waals surface area (Å²) in [6.45, 7) is 1.12. The molecule has 1 unspecified atom stereocenters. The van der Waals surface area contributed by atoms with Crippen molar-refractivity contribution < 1.29 is 4.79 Å². The minimum absolute atomic E-state index is 0.0459. The Balaban J connectivity index is 1.73. The van der Waals surface area contributed by atoms with E-state index in [4.69, 9.17) is 0 Å². The molecule has 0 radical (unpaired) electrons. The van der Waals surface area contributed by atoms with Gasteiger partial charge in [0.25, 0.3) is 5.91 Å². The highest BCUT2D eigenvalue weighted by Crippen LogP contribution is 2.23. The normalized spacial score (nSPS) is 21.1. The Kier molecular flexibility index (Phi) is 5.38. The number of carbonyl (C=O) groups excluding carboxylic acids is 1. The van der Waals surface area contributed by atoms with Crippen molar-refractivity contribution in [3.05, 3.63) is 30.3 Å². The second kappa shape index (κ2) is 7.04. The number of hydrogen-bond acceptors (Lipinski definition) is 6. The topological polar surface area (TPSA) is 47.6 Å². The zero-order valence-corrected chi connectivity index (χ0v) is 12.5. The van der Waals surface area contributed by atoms with Gasteiger partial charge in [-0.3, -0.25) is 25.4 Å². The van der Waals surface area contributed by atoms with E-state index in [2.05, 4.69) is 33.3 Å². The number of amides is 1. The van der Waals surface area contributed by atoms with Crippen LogP contribution in [-0.2, 0) is 4.79 Å². The lowest BCUT2D eigenvalue weighted by Crippen LogP contribution is -2.48. The number of nitrogens with one attached hydrogen (secondary N) is 2. The Hall–Kier alpha value is -0.890. The average molecular weight is 298 g/mol. The van der Waals surface area contributed by atoms with E-state index >= 15 is 0 Å². The quantitative estimate of drug-likeness (QED) is 0.577. The van der Waals surface area contributed by atoms with Gasteiger partial charge in [0.2, 0.25) is 0 Å². The SMILES string of the molecule is CN1CN(CC(=O)NNc2ccccc2)CSC1S. The van der Waals surface area contributed by atoms with E-state index < -0.39 is 0 Å². The standard InChI is InChI=1S/C12H18N4OS2/c1-15-8-16(9-19-12(15)18)7-11(17)14-13-10-5-3-2-4-6-10/h2-6,12-13,18H,7-9H2,1H3,(H,14,17). The maximum absolute atomic E-state index is 11.8. The lowest BCUT2D eigenvalue weighted by Gasteiger charge is -2.36. The van der Waals surface area contributed by atoms with Crippen LogP contribution in [0.1, 0.15) is 0 Å². The largest absolute Gasteiger partial charge is 0.299 e. The van der Waals surface area contributed by atoms with Gasteiger partial charge in [0.1, 0.15) is 4.71 Å². The van der Waals surface area contributed by atoms with E-state index in [-0.39, 0.29) is 10.6 Å². The van der Waals surface area contributed by atoms with Crippen molar-refractivity contribution in [2.75, 3.05) is 31.6 Å². The highest BCUT2D eigenvalue weighted by Gasteiger charge is 2.22. The summed E-state index contributed by atoms with van der Waals surface area (Å²) in [6, 6.07) is 9.56. The summed E-state index contributed by atoms with van der Waals surface area (Å²) in [6.07, 6.45) is 0. The number of nitrogens with zero attached hydrogens (tertiary/aromatic N) is 2. The first-order valence-electron chi connectivity index (χ1n) is 5.97. The van der Waals surface area contributed by atoms with E-state index in [0.717, 1.165) is 18.2 Å². The molecule has 1 aromatic rings. The van der Waals surface area contributed by atoms with Gasteiger partial charge in [-0.2, -0.15) is 0 Å². The Bertz CT molecular complexity index is 417. The van der Waals surface area contributed by atoms with Crippen molar-refractivity contribution in [1.29, 1.82) is 0 Å². The third kappa shape index (κ3) is 4.61. The third-order valence-electron chi connectivity index (χ3n) is 2.69. The molecule has 19 heavy (non-hydrogen) atoms. The van der Waals surface area contributed by atoms with Crippen LogP contribution in [0.2, 0.25) is 0 Å². The van der Waals surface area contributed by atoms with Crippen LogP contribution in [0.25, 0.3) is 0 Å². The first-order valence-corrected chi connectivity index (χ1v) is 7.54. The van der Waals surface area contributed by atoms with Crippen molar-refractivity contribution >= 4 is 36.0 Å². The maximum Gasteiger partial charge on any atom is 0.252 e. The lowest BCUT2D eigenvalue weighted by atomic mass is 10.3. The molecule has 0 spiro atoms. The van der Waals surface area contributed by atoms with Crippen LogP contribution < -0.4 is 10.9 Å². The highest BCUT2D eigenvalue weighted by atomic mass is 32.2. The van der Waals surface area contributed by atoms with Gasteiger partial charge >= 0.3 is 0 Å². The molecule has 1 atom stereocenters. The zero-order valence-electron chi connectivity index (χ0n) is 10.7. The Morgan fingerprint density at radius 2 is 2.21 bits per heavy atom. The molecule has 2 rings (SSSR count). The van der Waals surface area contributed by atoms with Crippen molar-refractivity contribution in [3.8, 4) is 0 Å². The lowest BCUT2D eigenvalue weighted by molar-refractivity contribution is -0.122. The monoisotopic (exact) mass is 298 g/mol. The van der Waals surface area contributed by atoms with E-state index in [1.807, 2.05) is 37.4 Å². The van der Waals surface area contributed by atoms with Gasteiger partial charge in [-0.1, -0.05) is 18.2 Å². The predicted octanol–water partition coefficient (Wildman–Crippen LogP) is 1.24. The second-order valence-corrected chi connectivity index (χ2v) is 6.27. The number of rotatable bonds is 4. The zero-order chi connectivity index (χ0) is 13.7. The molecular weight excluding hydrogens is 280 g/mol. The molecule has 0 aliphatic carbocycles. The number of carbonyl (C=O) groups is 1. The summed E-state index contributed by atoms with van der Waals surface area (Å²) < 4.78 is 0.210. The van der Waals surface area contributed by atoms with Gasteiger partial charge < -0.3 is 0 Å². The smallest absolute Gasteiger partial charge is 0.252 e. The minimum Gasteiger partial charge on any atom is -0.299 e. The molecule has 1 aliphatic heterocycles. The van der Waals surface area contributed by atoms with Crippen molar-refractivity contribution in [2.24, 2.45) is 0 Å². The Morgan fingerprint density at radius 1 is 1.47 bits per heavy atom. The fourth-order valence-electron chi connectivity index (χ4n) is 1.73. The predicted molar refractivity (Wildman–Crippen MR) is 82.8 cm³/mol. The summed E-state index contributed by atoms with van der Waals surface area (Å²) in [7, 11) is 2.00. The fraction of sp³-hybridized carbons (Fsp3) is 0.417. The summed E-state index contributed by atoms with van der Waals surface area (Å²) in [5, 5.41) is 0. The fourth-order valence-corrected chi connectivity index (χ4v) is 2.84. The summed E-state index contributed by atoms with van der Waals surface area (Å²) in [5.74, 6) is 0.771. The molecule has 5 nitrogen and oxygen atoms in total. The third-order valence-corrected chi connectivity index (χ3v) is 4.71. The summed E-state index contributed by atoms with van der Waals surface area (Å²) >= 11 is 6.13. The van der Waals surface area contributed by atoms with Crippen LogP contribution in [0, 0.1) is 0 Å². The molecule has 1 heterocycles. The number of thioether (sulfide) groups is 1. The summed E-state index contributed by atoms with van der Waals surface area (Å²) in [4.78, 5) is 16.0. The number of hydrogen-bond donors (Lipinski definition) is 3. The van der Waals surface area contributed by atoms with Gasteiger partial charge in [-0.05, 0) is 19.2 Å². The van der Waals surface area contributed by atoms with E-state index in [1.54, 1.807) is 11.8 Å². The van der Waals surface area contributed by atoms with Crippen LogP contribution in [0.4, 0.5) is 5.69 Å². The average Bonchev–Trinajstić information content (AvgIpc) is 2.42. The Labute approximate surface area is 123 Å². The number of anilines is 1. The van der Waals surface area contributed by atoms with Crippen LogP contribution in [0.3, 0.4) is 0 Å². The van der Waals surface area contributed by atoms with Crippen LogP contribution in [-0.4, -0.2) is 46.6 Å². The molecule has 1 fully saturated rings. The molecule has 1 saturated heterocycles. The van der Waals surface area contributed by atoms with Crippen LogP contribution in [0.15, 0.2) is 30.3 Å². The molecule has 7 heteroatoms. The molecular formula is C12H18N4OS2. The number of benzene rings is 1. The van der Waals surface area contributed by atoms with Crippen molar-refractivity contribution in [1.82, 2.24) is 15.2 Å². The molecule has 0 aromatic heterocycles. The van der Waals surface area contributed by atoms with Gasteiger partial charge in [0, 0.05) is 5.88 Å². The van der Waals surface area contributed by atoms with Crippen molar-refractivity contribution in [2.45, 2.75) is 4.71 Å². The minimum atomic E-state index is -0.0459. The van der Waals surface area contributed by atoms with Crippen LogP contribution >= 0.6 is 24.4 Å². The molecule has 2 N–H and O–H groups in total. The highest BCUT2D eigenvalue weighted by molar-refractivity contribution is 8.10. The Morgan fingerprint density at radius 3 is 2.89 bits per heavy atom. The van der Waals surface area contributed by atoms with E-state index in [1.165, 1.54) is 0 Å². The molecule has 1 aromatic carbocycles. The molecule has 0 bridgehead atoms. The van der Waals surface area contributed by atoms with E-state index in [0.29, 0.717) is 6.54 Å². The second-order valence-electron chi connectivity index (χ2n) is 4.39. The first kappa shape index (κ1) is 14.5. The number of thiol groups is 1. The van der Waals surface area contributed by atoms with Gasteiger partial charge in [0.15, 0.2) is 0 Å². The van der Waals surface area contributed by atoms with E-state index in [9.17, 15) is 4.79 Å². The van der Waals surface area contributed by atoms with Gasteiger partial charge in [0.05, 0.1) is 18.9 Å². The maximum atomic E-state index is 11.8. The van der Waals surface area contributed by atoms with Gasteiger partial charge in [-0.15, -0.1) is 24.4 Å². The van der Waals surface area contributed by atoms with Crippen LogP contribution in [0.5, 0.6) is 0 Å². The first-order chi connectivity index (χ1) is 9.15.